The summed E-state index contributed by atoms with van der Waals surface area (Å²) in [6.07, 6.45) is 0.624. The van der Waals surface area contributed by atoms with Gasteiger partial charge in [-0.05, 0) is 36.2 Å². The summed E-state index contributed by atoms with van der Waals surface area (Å²) in [7, 11) is 0. The van der Waals surface area contributed by atoms with E-state index < -0.39 is 0 Å². The van der Waals surface area contributed by atoms with E-state index in [1.807, 2.05) is 30.3 Å². The first-order chi connectivity index (χ1) is 9.63. The summed E-state index contributed by atoms with van der Waals surface area (Å²) in [5, 5.41) is 0. The normalized spacial score (nSPS) is 18.4. The van der Waals surface area contributed by atoms with Crippen LogP contribution in [0.4, 0.5) is 4.39 Å². The molecular formula is C16H15BrFNO. The molecule has 0 radical (unpaired) electrons. The first-order valence-corrected chi connectivity index (χ1v) is 7.35. The lowest BCUT2D eigenvalue weighted by Gasteiger charge is -2.18. The van der Waals surface area contributed by atoms with Gasteiger partial charge in [-0.1, -0.05) is 34.1 Å². The van der Waals surface area contributed by atoms with Crippen LogP contribution in [-0.2, 0) is 6.42 Å². The van der Waals surface area contributed by atoms with Gasteiger partial charge in [-0.25, -0.2) is 4.39 Å². The molecule has 2 aromatic rings. The van der Waals surface area contributed by atoms with Crippen LogP contribution < -0.4 is 10.5 Å². The largest absolute Gasteiger partial charge is 0.493 e. The Bertz CT molecular complexity index is 611. The number of fused-ring (bicyclic) bond motifs is 1. The third-order valence-corrected chi connectivity index (χ3v) is 4.11. The van der Waals surface area contributed by atoms with Gasteiger partial charge in [0, 0.05) is 22.0 Å². The number of rotatable bonds is 3. The number of hydrogen-bond donors (Lipinski definition) is 1. The van der Waals surface area contributed by atoms with E-state index in [2.05, 4.69) is 15.9 Å². The number of hydrogen-bond acceptors (Lipinski definition) is 2. The molecule has 0 amide bonds. The second kappa shape index (κ2) is 5.54. The predicted octanol–water partition coefficient (Wildman–Crippen LogP) is 3.63. The average molecular weight is 336 g/mol. The summed E-state index contributed by atoms with van der Waals surface area (Å²) in [6, 6.07) is 12.8. The monoisotopic (exact) mass is 335 g/mol. The van der Waals surface area contributed by atoms with Crippen LogP contribution in [0.1, 0.15) is 17.0 Å². The van der Waals surface area contributed by atoms with E-state index in [4.69, 9.17) is 10.5 Å². The van der Waals surface area contributed by atoms with Crippen LogP contribution in [0.3, 0.4) is 0 Å². The first-order valence-electron chi connectivity index (χ1n) is 6.56. The second-order valence-electron chi connectivity index (χ2n) is 5.10. The van der Waals surface area contributed by atoms with Gasteiger partial charge in [0.15, 0.2) is 0 Å². The molecule has 0 saturated carbocycles. The molecule has 0 bridgehead atoms. The quantitative estimate of drug-likeness (QED) is 0.929. The lowest BCUT2D eigenvalue weighted by atomic mass is 9.90. The molecule has 4 heteroatoms. The molecule has 1 aliphatic rings. The Morgan fingerprint density at radius 3 is 2.90 bits per heavy atom. The molecule has 2 N–H and O–H groups in total. The topological polar surface area (TPSA) is 35.2 Å². The molecular weight excluding hydrogens is 321 g/mol. The first kappa shape index (κ1) is 13.6. The van der Waals surface area contributed by atoms with Crippen LogP contribution in [0.25, 0.3) is 0 Å². The van der Waals surface area contributed by atoms with E-state index in [9.17, 15) is 4.39 Å². The van der Waals surface area contributed by atoms with E-state index in [-0.39, 0.29) is 17.8 Å². The van der Waals surface area contributed by atoms with Gasteiger partial charge < -0.3 is 10.5 Å². The smallest absolute Gasteiger partial charge is 0.124 e. The minimum Gasteiger partial charge on any atom is -0.493 e. The minimum absolute atomic E-state index is 0.0904. The zero-order valence-electron chi connectivity index (χ0n) is 10.9. The lowest BCUT2D eigenvalue weighted by molar-refractivity contribution is 0.313. The van der Waals surface area contributed by atoms with Crippen molar-refractivity contribution in [2.24, 2.45) is 5.73 Å². The zero-order valence-corrected chi connectivity index (χ0v) is 12.4. The molecule has 0 aromatic heterocycles. The number of nitrogens with two attached hydrogens (primary N) is 1. The van der Waals surface area contributed by atoms with Crippen LogP contribution in [0.2, 0.25) is 0 Å². The summed E-state index contributed by atoms with van der Waals surface area (Å²) >= 11 is 3.31. The van der Waals surface area contributed by atoms with Gasteiger partial charge in [0.05, 0.1) is 6.61 Å². The minimum atomic E-state index is -0.246. The van der Waals surface area contributed by atoms with Gasteiger partial charge in [0.25, 0.3) is 0 Å². The van der Waals surface area contributed by atoms with Crippen LogP contribution in [-0.4, -0.2) is 12.6 Å². The van der Waals surface area contributed by atoms with Gasteiger partial charge in [-0.2, -0.15) is 0 Å². The molecule has 1 aliphatic heterocycles. The Kier molecular flexibility index (Phi) is 3.76. The van der Waals surface area contributed by atoms with Crippen molar-refractivity contribution < 1.29 is 9.13 Å². The average Bonchev–Trinajstić information content (AvgIpc) is 2.81. The molecule has 0 aliphatic carbocycles. The van der Waals surface area contributed by atoms with Crippen molar-refractivity contribution >= 4 is 15.9 Å². The van der Waals surface area contributed by atoms with Crippen LogP contribution in [0.15, 0.2) is 46.9 Å². The third kappa shape index (κ3) is 2.72. The van der Waals surface area contributed by atoms with E-state index in [1.165, 1.54) is 12.1 Å². The number of benzene rings is 2. The highest BCUT2D eigenvalue weighted by Crippen LogP contribution is 2.35. The van der Waals surface area contributed by atoms with Crippen molar-refractivity contribution in [2.75, 3.05) is 6.61 Å². The molecule has 20 heavy (non-hydrogen) atoms. The Hall–Kier alpha value is -1.39. The molecule has 2 aromatic carbocycles. The lowest BCUT2D eigenvalue weighted by Crippen LogP contribution is -2.31. The maximum absolute atomic E-state index is 13.4. The van der Waals surface area contributed by atoms with Crippen molar-refractivity contribution in [3.05, 3.63) is 63.9 Å². The summed E-state index contributed by atoms with van der Waals surface area (Å²) in [5.41, 5.74) is 8.35. The van der Waals surface area contributed by atoms with Crippen molar-refractivity contribution in [3.8, 4) is 5.75 Å². The Morgan fingerprint density at radius 1 is 1.30 bits per heavy atom. The Labute approximate surface area is 125 Å². The van der Waals surface area contributed by atoms with E-state index >= 15 is 0 Å². The number of halogens is 2. The fraction of sp³-hybridized carbons (Fsp3) is 0.250. The molecule has 0 fully saturated rings. The van der Waals surface area contributed by atoms with E-state index in [0.29, 0.717) is 13.0 Å². The third-order valence-electron chi connectivity index (χ3n) is 3.65. The van der Waals surface area contributed by atoms with Crippen molar-refractivity contribution in [3.63, 3.8) is 0 Å². The Morgan fingerprint density at radius 2 is 2.10 bits per heavy atom. The predicted molar refractivity (Wildman–Crippen MR) is 80.5 cm³/mol. The Balaban J connectivity index is 1.79. The molecule has 0 saturated heterocycles. The standard InChI is InChI=1S/C16H15BrFNO/c17-11-5-10(6-12(18)8-11)7-15(19)14-9-20-16-4-2-1-3-13(14)16/h1-6,8,14-15H,7,9,19H2. The van der Waals surface area contributed by atoms with Crippen molar-refractivity contribution in [1.82, 2.24) is 0 Å². The summed E-state index contributed by atoms with van der Waals surface area (Å²) in [4.78, 5) is 0. The van der Waals surface area contributed by atoms with E-state index in [0.717, 1.165) is 21.3 Å². The maximum Gasteiger partial charge on any atom is 0.124 e. The maximum atomic E-state index is 13.4. The van der Waals surface area contributed by atoms with Gasteiger partial charge in [-0.3, -0.25) is 0 Å². The van der Waals surface area contributed by atoms with E-state index in [1.54, 1.807) is 0 Å². The van der Waals surface area contributed by atoms with Gasteiger partial charge in [0.1, 0.15) is 11.6 Å². The van der Waals surface area contributed by atoms with Crippen LogP contribution in [0, 0.1) is 5.82 Å². The molecule has 2 atom stereocenters. The summed E-state index contributed by atoms with van der Waals surface area (Å²) in [6.45, 7) is 0.594. The van der Waals surface area contributed by atoms with Gasteiger partial charge in [-0.15, -0.1) is 0 Å². The summed E-state index contributed by atoms with van der Waals surface area (Å²) in [5.74, 6) is 0.825. The highest BCUT2D eigenvalue weighted by atomic mass is 79.9. The van der Waals surface area contributed by atoms with Gasteiger partial charge in [0.2, 0.25) is 0 Å². The fourth-order valence-electron chi connectivity index (χ4n) is 2.69. The van der Waals surface area contributed by atoms with Crippen LogP contribution in [0.5, 0.6) is 5.75 Å². The molecule has 3 rings (SSSR count). The molecule has 2 nitrogen and oxygen atoms in total. The second-order valence-corrected chi connectivity index (χ2v) is 6.02. The van der Waals surface area contributed by atoms with Crippen molar-refractivity contribution in [2.45, 2.75) is 18.4 Å². The zero-order chi connectivity index (χ0) is 14.1. The molecule has 104 valence electrons. The molecule has 0 spiro atoms. The highest BCUT2D eigenvalue weighted by Gasteiger charge is 2.29. The number of ether oxygens (including phenoxy) is 1. The number of para-hydroxylation sites is 1. The molecule has 1 heterocycles. The van der Waals surface area contributed by atoms with Crippen molar-refractivity contribution in [1.29, 1.82) is 0 Å². The SMILES string of the molecule is NC(Cc1cc(F)cc(Br)c1)C1COc2ccccc21. The van der Waals surface area contributed by atoms with Crippen LogP contribution >= 0.6 is 15.9 Å². The fourth-order valence-corrected chi connectivity index (χ4v) is 3.20. The van der Waals surface area contributed by atoms with Gasteiger partial charge >= 0.3 is 0 Å². The highest BCUT2D eigenvalue weighted by molar-refractivity contribution is 9.10. The summed E-state index contributed by atoms with van der Waals surface area (Å²) < 4.78 is 19.8. The molecule has 2 unspecified atom stereocenters.